The van der Waals surface area contributed by atoms with Crippen LogP contribution in [0.15, 0.2) is 229 Å². The van der Waals surface area contributed by atoms with Gasteiger partial charge in [-0.25, -0.2) is 0 Å². The molecule has 10 aromatic carbocycles. The first kappa shape index (κ1) is 34.0. The van der Waals surface area contributed by atoms with Crippen LogP contribution in [0.3, 0.4) is 0 Å². The Balaban J connectivity index is 1.09. The van der Waals surface area contributed by atoms with E-state index in [0.29, 0.717) is 0 Å². The zero-order chi connectivity index (χ0) is 40.1. The van der Waals surface area contributed by atoms with E-state index in [1.807, 2.05) is 0 Å². The van der Waals surface area contributed by atoms with Gasteiger partial charge in [-0.1, -0.05) is 194 Å². The molecule has 61 heavy (non-hydrogen) atoms. The number of fused-ring (bicyclic) bond motifs is 15. The predicted octanol–water partition coefficient (Wildman–Crippen LogP) is 15.9. The molecule has 2 aliphatic rings. The van der Waals surface area contributed by atoms with Crippen LogP contribution in [0.25, 0.3) is 77.2 Å². The maximum Gasteiger partial charge on any atom is 0.159 e. The molecule has 11 aromatic rings. The van der Waals surface area contributed by atoms with Gasteiger partial charge in [-0.15, -0.1) is 0 Å². The lowest BCUT2D eigenvalue weighted by Crippen LogP contribution is -2.26. The van der Waals surface area contributed by atoms with Crippen LogP contribution in [-0.4, -0.2) is 0 Å². The Morgan fingerprint density at radius 1 is 0.361 bits per heavy atom. The summed E-state index contributed by atoms with van der Waals surface area (Å²) < 4.78 is 7.02. The largest absolute Gasteiger partial charge is 0.454 e. The number of para-hydroxylation sites is 1. The number of nitrogens with zero attached hydrogens (tertiary/aromatic N) is 1. The molecule has 2 nitrogen and oxygen atoms in total. The van der Waals surface area contributed by atoms with Gasteiger partial charge < -0.3 is 9.32 Å². The summed E-state index contributed by atoms with van der Waals surface area (Å²) in [5.41, 5.74) is 19.5. The molecular weight excluding hydrogens is 739 g/mol. The zero-order valence-electron chi connectivity index (χ0n) is 33.2. The maximum atomic E-state index is 7.02. The molecule has 0 bridgehead atoms. The minimum absolute atomic E-state index is 0.465. The highest BCUT2D eigenvalue weighted by molar-refractivity contribution is 6.21. The molecular formula is C59H37NO. The molecule has 13 rings (SSSR count). The summed E-state index contributed by atoms with van der Waals surface area (Å²) in [6.07, 6.45) is 0. The number of hydrogen-bond donors (Lipinski definition) is 0. The maximum absolute atomic E-state index is 7.02. The van der Waals surface area contributed by atoms with Gasteiger partial charge in [-0.05, 0) is 102 Å². The molecule has 0 saturated heterocycles. The van der Waals surface area contributed by atoms with Crippen LogP contribution in [0.1, 0.15) is 22.3 Å². The van der Waals surface area contributed by atoms with Crippen molar-refractivity contribution in [3.8, 4) is 44.5 Å². The Labute approximate surface area is 354 Å². The third-order valence-corrected chi connectivity index (χ3v) is 13.3. The number of benzene rings is 10. The SMILES string of the molecule is c1ccc(-c2ccc(-c3cccc(N(c4cccc5c4-c4ccccc4C54c5ccccc5-c5ccccc54)c4cccc5c4oc4ccc6ccccc6c45)c3)cc2)cc1. The predicted molar refractivity (Wildman–Crippen MR) is 253 cm³/mol. The Morgan fingerprint density at radius 3 is 1.67 bits per heavy atom. The second-order valence-electron chi connectivity index (χ2n) is 16.3. The summed E-state index contributed by atoms with van der Waals surface area (Å²) in [6, 6.07) is 82.1. The lowest BCUT2D eigenvalue weighted by molar-refractivity contribution is 0.669. The number of hydrogen-bond acceptors (Lipinski definition) is 2. The summed E-state index contributed by atoms with van der Waals surface area (Å²) in [5.74, 6) is 0. The highest BCUT2D eigenvalue weighted by Gasteiger charge is 2.52. The molecule has 0 atom stereocenters. The van der Waals surface area contributed by atoms with Crippen molar-refractivity contribution in [2.45, 2.75) is 5.41 Å². The topological polar surface area (TPSA) is 16.4 Å². The van der Waals surface area contributed by atoms with Crippen LogP contribution in [0.2, 0.25) is 0 Å². The quantitative estimate of drug-likeness (QED) is 0.173. The molecule has 2 aliphatic carbocycles. The van der Waals surface area contributed by atoms with Crippen LogP contribution in [0.5, 0.6) is 0 Å². The van der Waals surface area contributed by atoms with Crippen LogP contribution in [-0.2, 0) is 5.41 Å². The normalized spacial score (nSPS) is 13.0. The summed E-state index contributed by atoms with van der Waals surface area (Å²) >= 11 is 0. The second-order valence-corrected chi connectivity index (χ2v) is 16.3. The van der Waals surface area contributed by atoms with Crippen LogP contribution in [0.4, 0.5) is 17.1 Å². The fourth-order valence-electron chi connectivity index (χ4n) is 10.8. The van der Waals surface area contributed by atoms with E-state index in [9.17, 15) is 0 Å². The summed E-state index contributed by atoms with van der Waals surface area (Å²) in [4.78, 5) is 2.45. The molecule has 2 heteroatoms. The fourth-order valence-corrected chi connectivity index (χ4v) is 10.8. The van der Waals surface area contributed by atoms with E-state index in [4.69, 9.17) is 4.42 Å². The first-order valence-electron chi connectivity index (χ1n) is 21.1. The average molecular weight is 776 g/mol. The molecule has 0 aliphatic heterocycles. The minimum Gasteiger partial charge on any atom is -0.454 e. The Bertz CT molecular complexity index is 3490. The van der Waals surface area contributed by atoms with E-state index >= 15 is 0 Å². The highest BCUT2D eigenvalue weighted by Crippen LogP contribution is 2.64. The van der Waals surface area contributed by atoms with E-state index in [0.717, 1.165) is 50.1 Å². The molecule has 284 valence electrons. The summed E-state index contributed by atoms with van der Waals surface area (Å²) in [6.45, 7) is 0. The van der Waals surface area contributed by atoms with Gasteiger partial charge in [-0.3, -0.25) is 0 Å². The number of rotatable bonds is 5. The van der Waals surface area contributed by atoms with E-state index in [2.05, 4.69) is 229 Å². The van der Waals surface area contributed by atoms with Gasteiger partial charge in [0.05, 0.1) is 16.8 Å². The van der Waals surface area contributed by atoms with Gasteiger partial charge in [0.2, 0.25) is 0 Å². The molecule has 0 amide bonds. The van der Waals surface area contributed by atoms with Crippen LogP contribution >= 0.6 is 0 Å². The lowest BCUT2D eigenvalue weighted by Gasteiger charge is -2.32. The van der Waals surface area contributed by atoms with Crippen molar-refractivity contribution in [1.82, 2.24) is 0 Å². The Kier molecular flexibility index (Phi) is 7.26. The minimum atomic E-state index is -0.465. The van der Waals surface area contributed by atoms with Gasteiger partial charge in [0, 0.05) is 22.0 Å². The summed E-state index contributed by atoms with van der Waals surface area (Å²) in [7, 11) is 0. The smallest absolute Gasteiger partial charge is 0.159 e. The van der Waals surface area contributed by atoms with E-state index in [1.54, 1.807) is 0 Å². The van der Waals surface area contributed by atoms with Gasteiger partial charge >= 0.3 is 0 Å². The van der Waals surface area contributed by atoms with Gasteiger partial charge in [0.25, 0.3) is 0 Å². The van der Waals surface area contributed by atoms with E-state index in [-0.39, 0.29) is 0 Å². The third kappa shape index (κ3) is 4.79. The standard InChI is InChI=1S/C59H37NO/c1-2-15-38(16-3-1)39-31-33-40(34-32-39)42-18-12-19-43(37-42)60(54-30-13-24-48-56-44-20-5-4-17-41(44)35-36-55(56)61-58(48)54)53-29-14-28-52-57(53)47-23-8-11-27-51(47)59(52)49-25-9-6-21-45(49)46-22-7-10-26-50(46)59/h1-37H. The van der Waals surface area contributed by atoms with Crippen molar-refractivity contribution in [1.29, 1.82) is 0 Å². The first-order valence-corrected chi connectivity index (χ1v) is 21.1. The van der Waals surface area contributed by atoms with Crippen molar-refractivity contribution >= 4 is 49.8 Å². The third-order valence-electron chi connectivity index (χ3n) is 13.3. The van der Waals surface area contributed by atoms with Crippen molar-refractivity contribution in [3.63, 3.8) is 0 Å². The first-order chi connectivity index (χ1) is 30.3. The Morgan fingerprint density at radius 2 is 0.902 bits per heavy atom. The van der Waals surface area contributed by atoms with Crippen LogP contribution < -0.4 is 4.90 Å². The van der Waals surface area contributed by atoms with E-state index in [1.165, 1.54) is 66.4 Å². The molecule has 0 fully saturated rings. The van der Waals surface area contributed by atoms with E-state index < -0.39 is 5.41 Å². The van der Waals surface area contributed by atoms with Crippen molar-refractivity contribution in [2.75, 3.05) is 4.90 Å². The molecule has 1 spiro atoms. The summed E-state index contributed by atoms with van der Waals surface area (Å²) in [5, 5.41) is 4.64. The molecule has 0 saturated carbocycles. The number of anilines is 3. The van der Waals surface area contributed by atoms with Gasteiger partial charge in [0.15, 0.2) is 5.58 Å². The zero-order valence-corrected chi connectivity index (χ0v) is 33.2. The second kappa shape index (κ2) is 13.0. The molecule has 0 N–H and O–H groups in total. The molecule has 0 unspecified atom stereocenters. The lowest BCUT2D eigenvalue weighted by atomic mass is 9.70. The van der Waals surface area contributed by atoms with Crippen molar-refractivity contribution < 1.29 is 4.42 Å². The fraction of sp³-hybridized carbons (Fsp3) is 0.0169. The van der Waals surface area contributed by atoms with Crippen molar-refractivity contribution in [3.05, 3.63) is 247 Å². The van der Waals surface area contributed by atoms with Gasteiger partial charge in [-0.2, -0.15) is 0 Å². The monoisotopic (exact) mass is 775 g/mol. The van der Waals surface area contributed by atoms with Crippen LogP contribution in [0, 0.1) is 0 Å². The highest BCUT2D eigenvalue weighted by atomic mass is 16.3. The van der Waals surface area contributed by atoms with Gasteiger partial charge in [0.1, 0.15) is 5.58 Å². The Hall–Kier alpha value is -7.94. The van der Waals surface area contributed by atoms with Crippen molar-refractivity contribution in [2.24, 2.45) is 0 Å². The molecule has 0 radical (unpaired) electrons. The number of furan rings is 1. The molecule has 1 heterocycles. The average Bonchev–Trinajstić information content (AvgIpc) is 3.97. The molecule has 1 aromatic heterocycles.